The van der Waals surface area contributed by atoms with Gasteiger partial charge in [0.25, 0.3) is 0 Å². The minimum atomic E-state index is -0.828. The van der Waals surface area contributed by atoms with Gasteiger partial charge >= 0.3 is 0 Å². The maximum absolute atomic E-state index is 9.65. The first-order chi connectivity index (χ1) is 9.80. The zero-order chi connectivity index (χ0) is 14.3. The third kappa shape index (κ3) is 3.17. The van der Waals surface area contributed by atoms with Crippen molar-refractivity contribution in [2.75, 3.05) is 13.2 Å². The Hall–Kier alpha value is -2.31. The molecule has 20 heavy (non-hydrogen) atoms. The van der Waals surface area contributed by atoms with E-state index in [9.17, 15) is 5.26 Å². The summed E-state index contributed by atoms with van der Waals surface area (Å²) in [7, 11) is 0. The summed E-state index contributed by atoms with van der Waals surface area (Å²) in [6.07, 6.45) is 0. The van der Waals surface area contributed by atoms with Crippen molar-refractivity contribution in [1.29, 1.82) is 5.26 Å². The van der Waals surface area contributed by atoms with Crippen LogP contribution in [0.3, 0.4) is 0 Å². The third-order valence-electron chi connectivity index (χ3n) is 3.13. The lowest BCUT2D eigenvalue weighted by Crippen LogP contribution is -2.46. The lowest BCUT2D eigenvalue weighted by Gasteiger charge is -2.28. The molecule has 3 nitrogen and oxygen atoms in total. The Morgan fingerprint density at radius 2 is 1.65 bits per heavy atom. The first kappa shape index (κ1) is 14.1. The Bertz CT molecular complexity index is 563. The minimum Gasteiger partial charge on any atom is -0.490 e. The Labute approximate surface area is 119 Å². The van der Waals surface area contributed by atoms with Gasteiger partial charge in [-0.2, -0.15) is 5.26 Å². The second-order valence-corrected chi connectivity index (χ2v) is 4.52. The molecule has 0 aliphatic carbocycles. The van der Waals surface area contributed by atoms with E-state index in [0.717, 1.165) is 11.3 Å². The molecule has 0 fully saturated rings. The van der Waals surface area contributed by atoms with E-state index in [2.05, 4.69) is 11.4 Å². The Kier molecular flexibility index (Phi) is 4.75. The fourth-order valence-corrected chi connectivity index (χ4v) is 2.11. The summed E-state index contributed by atoms with van der Waals surface area (Å²) in [5.74, 6) is 0.765. The van der Waals surface area contributed by atoms with Crippen LogP contribution in [0.25, 0.3) is 0 Å². The zero-order valence-corrected chi connectivity index (χ0v) is 11.5. The number of nitrogens with one attached hydrogen (secondary N) is 1. The molecule has 0 amide bonds. The van der Waals surface area contributed by atoms with Gasteiger partial charge in [-0.3, -0.25) is 5.32 Å². The van der Waals surface area contributed by atoms with Gasteiger partial charge in [0.1, 0.15) is 12.4 Å². The third-order valence-corrected chi connectivity index (χ3v) is 3.13. The normalized spacial score (nSPS) is 13.2. The summed E-state index contributed by atoms with van der Waals surface area (Å²) in [5, 5.41) is 12.9. The van der Waals surface area contributed by atoms with Gasteiger partial charge in [0.15, 0.2) is 5.54 Å². The van der Waals surface area contributed by atoms with Crippen LogP contribution < -0.4 is 10.1 Å². The monoisotopic (exact) mass is 266 g/mol. The maximum atomic E-state index is 9.65. The van der Waals surface area contributed by atoms with Gasteiger partial charge in [-0.15, -0.1) is 0 Å². The SMILES string of the molecule is CCNC(C#N)(COc1ccccc1)c1ccccc1. The van der Waals surface area contributed by atoms with E-state index in [1.54, 1.807) is 0 Å². The summed E-state index contributed by atoms with van der Waals surface area (Å²) in [4.78, 5) is 0. The molecule has 0 aromatic heterocycles. The van der Waals surface area contributed by atoms with Crippen LogP contribution in [0.15, 0.2) is 60.7 Å². The molecule has 0 saturated carbocycles. The summed E-state index contributed by atoms with van der Waals surface area (Å²) in [5.41, 5.74) is 0.0894. The molecule has 0 aliphatic heterocycles. The first-order valence-corrected chi connectivity index (χ1v) is 6.70. The van der Waals surface area contributed by atoms with E-state index in [-0.39, 0.29) is 6.61 Å². The van der Waals surface area contributed by atoms with Gasteiger partial charge in [0.05, 0.1) is 6.07 Å². The predicted octanol–water partition coefficient (Wildman–Crippen LogP) is 3.09. The molecule has 1 unspecified atom stereocenters. The van der Waals surface area contributed by atoms with Crippen LogP contribution in [0.5, 0.6) is 5.75 Å². The van der Waals surface area contributed by atoms with E-state index < -0.39 is 5.54 Å². The molecule has 0 spiro atoms. The van der Waals surface area contributed by atoms with E-state index in [0.29, 0.717) is 6.54 Å². The van der Waals surface area contributed by atoms with Crippen LogP contribution in [0.1, 0.15) is 12.5 Å². The van der Waals surface area contributed by atoms with Gasteiger partial charge in [0, 0.05) is 0 Å². The van der Waals surface area contributed by atoms with Gasteiger partial charge in [0.2, 0.25) is 0 Å². The molecule has 0 aliphatic rings. The lowest BCUT2D eigenvalue weighted by atomic mass is 9.92. The molecule has 1 atom stereocenters. The predicted molar refractivity (Wildman–Crippen MR) is 79.3 cm³/mol. The summed E-state index contributed by atoms with van der Waals surface area (Å²) in [6.45, 7) is 2.95. The van der Waals surface area contributed by atoms with E-state index in [1.165, 1.54) is 0 Å². The van der Waals surface area contributed by atoms with Crippen molar-refractivity contribution in [3.8, 4) is 11.8 Å². The molecule has 2 rings (SSSR count). The van der Waals surface area contributed by atoms with Crippen molar-refractivity contribution in [1.82, 2.24) is 5.32 Å². The number of para-hydroxylation sites is 1. The van der Waals surface area contributed by atoms with Crippen LogP contribution in [-0.2, 0) is 5.54 Å². The number of nitriles is 1. The molecule has 0 bridgehead atoms. The summed E-state index contributed by atoms with van der Waals surface area (Å²) < 4.78 is 5.78. The largest absolute Gasteiger partial charge is 0.490 e. The van der Waals surface area contributed by atoms with Crippen LogP contribution >= 0.6 is 0 Å². The average molecular weight is 266 g/mol. The fraction of sp³-hybridized carbons (Fsp3) is 0.235. The Morgan fingerprint density at radius 1 is 1.05 bits per heavy atom. The molecule has 3 heteroatoms. The van der Waals surface area contributed by atoms with Crippen molar-refractivity contribution in [3.05, 3.63) is 66.2 Å². The highest BCUT2D eigenvalue weighted by molar-refractivity contribution is 5.32. The standard InChI is InChI=1S/C17H18N2O/c1-2-19-17(13-18,15-9-5-3-6-10-15)14-20-16-11-7-4-8-12-16/h3-12,19H,2,14H2,1H3. The molecule has 2 aromatic carbocycles. The van der Waals surface area contributed by atoms with Gasteiger partial charge in [-0.1, -0.05) is 55.5 Å². The lowest BCUT2D eigenvalue weighted by molar-refractivity contribution is 0.225. The first-order valence-electron chi connectivity index (χ1n) is 6.70. The number of hydrogen-bond acceptors (Lipinski definition) is 3. The van der Waals surface area contributed by atoms with Gasteiger partial charge in [-0.05, 0) is 24.2 Å². The van der Waals surface area contributed by atoms with E-state index in [1.807, 2.05) is 67.6 Å². The van der Waals surface area contributed by atoms with Crippen molar-refractivity contribution in [2.24, 2.45) is 0 Å². The number of likely N-dealkylation sites (N-methyl/N-ethyl adjacent to an activating group) is 1. The number of rotatable bonds is 6. The number of benzene rings is 2. The maximum Gasteiger partial charge on any atom is 0.166 e. The quantitative estimate of drug-likeness (QED) is 0.873. The molecule has 102 valence electrons. The zero-order valence-electron chi connectivity index (χ0n) is 11.5. The second kappa shape index (κ2) is 6.74. The molecule has 0 saturated heterocycles. The number of hydrogen-bond donors (Lipinski definition) is 1. The van der Waals surface area contributed by atoms with Gasteiger partial charge < -0.3 is 4.74 Å². The minimum absolute atomic E-state index is 0.269. The van der Waals surface area contributed by atoms with Crippen LogP contribution in [0.2, 0.25) is 0 Å². The highest BCUT2D eigenvalue weighted by Gasteiger charge is 2.32. The van der Waals surface area contributed by atoms with E-state index in [4.69, 9.17) is 4.74 Å². The molecule has 0 heterocycles. The number of nitrogens with zero attached hydrogens (tertiary/aromatic N) is 1. The molecule has 1 N–H and O–H groups in total. The average Bonchev–Trinajstić information content (AvgIpc) is 2.53. The smallest absolute Gasteiger partial charge is 0.166 e. The topological polar surface area (TPSA) is 45.0 Å². The van der Waals surface area contributed by atoms with Crippen molar-refractivity contribution < 1.29 is 4.74 Å². The van der Waals surface area contributed by atoms with Gasteiger partial charge in [-0.25, -0.2) is 0 Å². The van der Waals surface area contributed by atoms with Crippen LogP contribution in [0.4, 0.5) is 0 Å². The second-order valence-electron chi connectivity index (χ2n) is 4.52. The highest BCUT2D eigenvalue weighted by atomic mass is 16.5. The van der Waals surface area contributed by atoms with Crippen LogP contribution in [-0.4, -0.2) is 13.2 Å². The number of ether oxygens (including phenoxy) is 1. The van der Waals surface area contributed by atoms with Crippen molar-refractivity contribution >= 4 is 0 Å². The highest BCUT2D eigenvalue weighted by Crippen LogP contribution is 2.22. The van der Waals surface area contributed by atoms with Crippen molar-refractivity contribution in [3.63, 3.8) is 0 Å². The molecule has 0 radical (unpaired) electrons. The summed E-state index contributed by atoms with van der Waals surface area (Å²) in [6, 6.07) is 21.6. The Balaban J connectivity index is 2.22. The molecular formula is C17H18N2O. The molecule has 2 aromatic rings. The van der Waals surface area contributed by atoms with Crippen LogP contribution in [0, 0.1) is 11.3 Å². The molecular weight excluding hydrogens is 248 g/mol. The fourth-order valence-electron chi connectivity index (χ4n) is 2.11. The Morgan fingerprint density at radius 3 is 2.20 bits per heavy atom. The summed E-state index contributed by atoms with van der Waals surface area (Å²) >= 11 is 0. The van der Waals surface area contributed by atoms with E-state index >= 15 is 0 Å². The van der Waals surface area contributed by atoms with Crippen molar-refractivity contribution in [2.45, 2.75) is 12.5 Å².